The lowest BCUT2D eigenvalue weighted by molar-refractivity contribution is -0.139. The number of hydrogen-bond acceptors (Lipinski definition) is 4. The molecule has 3 aliphatic rings. The Morgan fingerprint density at radius 1 is 0.931 bits per heavy atom. The first kappa shape index (κ1) is 22.3. The number of hydrogen-bond donors (Lipinski definition) is 2. The summed E-state index contributed by atoms with van der Waals surface area (Å²) in [5.74, 6) is 1.69. The largest absolute Gasteiger partial charge is 0.357 e. The zero-order valence-electron chi connectivity index (χ0n) is 18.7. The fraction of sp³-hybridized carbons (Fsp3) is 0.909. The molecular weight excluding hydrogens is 364 g/mol. The molecule has 0 bridgehead atoms. The molecule has 1 aliphatic carbocycles. The molecule has 0 radical (unpaired) electrons. The van der Waals surface area contributed by atoms with E-state index in [0.717, 1.165) is 64.6 Å². The highest BCUT2D eigenvalue weighted by molar-refractivity contribution is 5.80. The van der Waals surface area contributed by atoms with Gasteiger partial charge in [-0.1, -0.05) is 13.3 Å². The van der Waals surface area contributed by atoms with E-state index in [1.165, 1.54) is 45.3 Å². The maximum Gasteiger partial charge on any atom is 0.225 e. The third-order valence-electron chi connectivity index (χ3n) is 6.64. The fourth-order valence-electron chi connectivity index (χ4n) is 4.54. The Balaban J connectivity index is 1.35. The van der Waals surface area contributed by atoms with Crippen LogP contribution in [0, 0.1) is 5.92 Å². The number of piperazine rings is 1. The van der Waals surface area contributed by atoms with Crippen LogP contribution in [0.5, 0.6) is 0 Å². The molecule has 1 saturated carbocycles. The Morgan fingerprint density at radius 3 is 2.21 bits per heavy atom. The molecule has 1 amide bonds. The smallest absolute Gasteiger partial charge is 0.225 e. The summed E-state index contributed by atoms with van der Waals surface area (Å²) in [7, 11) is 0. The molecule has 29 heavy (non-hydrogen) atoms. The normalized spacial score (nSPS) is 23.1. The van der Waals surface area contributed by atoms with E-state index in [1.54, 1.807) is 0 Å². The van der Waals surface area contributed by atoms with E-state index in [1.807, 2.05) is 0 Å². The van der Waals surface area contributed by atoms with Crippen molar-refractivity contribution in [2.75, 3.05) is 65.4 Å². The number of guanidine groups is 1. The summed E-state index contributed by atoms with van der Waals surface area (Å²) in [6.45, 7) is 14.4. The highest BCUT2D eigenvalue weighted by Gasteiger charge is 2.31. The van der Waals surface area contributed by atoms with Crippen molar-refractivity contribution in [1.82, 2.24) is 25.3 Å². The van der Waals surface area contributed by atoms with E-state index >= 15 is 0 Å². The van der Waals surface area contributed by atoms with Crippen molar-refractivity contribution >= 4 is 11.9 Å². The third-order valence-corrected chi connectivity index (χ3v) is 6.64. The van der Waals surface area contributed by atoms with Crippen LogP contribution in [0.4, 0.5) is 0 Å². The second-order valence-electron chi connectivity index (χ2n) is 8.82. The summed E-state index contributed by atoms with van der Waals surface area (Å²) < 4.78 is 0. The van der Waals surface area contributed by atoms with Crippen molar-refractivity contribution in [2.24, 2.45) is 10.9 Å². The number of carbonyl (C=O) groups is 1. The predicted molar refractivity (Wildman–Crippen MR) is 119 cm³/mol. The van der Waals surface area contributed by atoms with Gasteiger partial charge in [-0.25, -0.2) is 0 Å². The van der Waals surface area contributed by atoms with Gasteiger partial charge in [0.25, 0.3) is 0 Å². The van der Waals surface area contributed by atoms with Gasteiger partial charge >= 0.3 is 0 Å². The topological polar surface area (TPSA) is 63.2 Å². The minimum atomic E-state index is 0.328. The molecule has 0 unspecified atom stereocenters. The molecule has 0 aromatic heterocycles. The van der Waals surface area contributed by atoms with Crippen LogP contribution in [0.1, 0.15) is 52.4 Å². The van der Waals surface area contributed by atoms with E-state index in [4.69, 9.17) is 4.99 Å². The van der Waals surface area contributed by atoms with E-state index in [9.17, 15) is 4.79 Å². The summed E-state index contributed by atoms with van der Waals surface area (Å²) in [6, 6.07) is 0.530. The average Bonchev–Trinajstić information content (AvgIpc) is 2.69. The van der Waals surface area contributed by atoms with Gasteiger partial charge in [0.1, 0.15) is 0 Å². The van der Waals surface area contributed by atoms with Crippen molar-refractivity contribution in [3.05, 3.63) is 0 Å². The van der Waals surface area contributed by atoms with Gasteiger partial charge in [0.15, 0.2) is 5.96 Å². The molecule has 7 nitrogen and oxygen atoms in total. The summed E-state index contributed by atoms with van der Waals surface area (Å²) in [5, 5.41) is 7.05. The zero-order valence-corrected chi connectivity index (χ0v) is 18.7. The fourth-order valence-corrected chi connectivity index (χ4v) is 4.54. The van der Waals surface area contributed by atoms with Crippen LogP contribution in [-0.4, -0.2) is 98.1 Å². The van der Waals surface area contributed by atoms with E-state index < -0.39 is 0 Å². The van der Waals surface area contributed by atoms with Gasteiger partial charge in [-0.3, -0.25) is 14.7 Å². The van der Waals surface area contributed by atoms with Gasteiger partial charge in [-0.05, 0) is 45.6 Å². The quantitative estimate of drug-likeness (QED) is 0.471. The molecule has 3 rings (SSSR count). The summed E-state index contributed by atoms with van der Waals surface area (Å²) in [4.78, 5) is 24.3. The third kappa shape index (κ3) is 6.85. The minimum Gasteiger partial charge on any atom is -0.357 e. The van der Waals surface area contributed by atoms with Crippen LogP contribution in [0.2, 0.25) is 0 Å². The molecule has 2 heterocycles. The number of nitrogens with zero attached hydrogens (tertiary/aromatic N) is 4. The van der Waals surface area contributed by atoms with Gasteiger partial charge < -0.3 is 20.4 Å². The number of carbonyl (C=O) groups excluding carboxylic acids is 1. The van der Waals surface area contributed by atoms with E-state index in [2.05, 4.69) is 39.2 Å². The molecule has 7 heteroatoms. The van der Waals surface area contributed by atoms with Crippen molar-refractivity contribution < 1.29 is 4.79 Å². The molecule has 0 atom stereocenters. The van der Waals surface area contributed by atoms with Crippen molar-refractivity contribution in [2.45, 2.75) is 58.4 Å². The van der Waals surface area contributed by atoms with Crippen molar-refractivity contribution in [3.63, 3.8) is 0 Å². The average molecular weight is 407 g/mol. The standard InChI is InChI=1S/C22H42N6O/c1-3-11-26-12-8-20(9-13-26)25-22(23-4-2)24-10-14-27-15-17-28(18-16-27)21(29)19-6-5-7-19/h19-20H,3-18H2,1-2H3,(H2,23,24,25). The predicted octanol–water partition coefficient (Wildman–Crippen LogP) is 1.36. The zero-order chi connectivity index (χ0) is 20.5. The number of rotatable bonds is 8. The van der Waals surface area contributed by atoms with Crippen LogP contribution >= 0.6 is 0 Å². The Labute approximate surface area is 177 Å². The maximum atomic E-state index is 12.4. The van der Waals surface area contributed by atoms with Gasteiger partial charge in [0, 0.05) is 64.3 Å². The van der Waals surface area contributed by atoms with Crippen LogP contribution in [0.3, 0.4) is 0 Å². The van der Waals surface area contributed by atoms with Crippen molar-refractivity contribution in [1.29, 1.82) is 0 Å². The Kier molecular flexibility index (Phi) is 9.05. The highest BCUT2D eigenvalue weighted by atomic mass is 16.2. The second-order valence-corrected chi connectivity index (χ2v) is 8.82. The molecule has 0 aromatic rings. The lowest BCUT2D eigenvalue weighted by Crippen LogP contribution is -2.51. The van der Waals surface area contributed by atoms with E-state index in [-0.39, 0.29) is 0 Å². The summed E-state index contributed by atoms with van der Waals surface area (Å²) >= 11 is 0. The lowest BCUT2D eigenvalue weighted by Gasteiger charge is -2.38. The first-order valence-electron chi connectivity index (χ1n) is 12.0. The van der Waals surface area contributed by atoms with Crippen LogP contribution in [0.25, 0.3) is 0 Å². The van der Waals surface area contributed by atoms with Gasteiger partial charge in [-0.15, -0.1) is 0 Å². The number of likely N-dealkylation sites (tertiary alicyclic amines) is 1. The first-order chi connectivity index (χ1) is 14.2. The Bertz CT molecular complexity index is 519. The Hall–Kier alpha value is -1.34. The van der Waals surface area contributed by atoms with Crippen LogP contribution in [0.15, 0.2) is 4.99 Å². The molecule has 0 spiro atoms. The van der Waals surface area contributed by atoms with Crippen LogP contribution in [-0.2, 0) is 4.79 Å². The molecule has 3 fully saturated rings. The second kappa shape index (κ2) is 11.7. The molecule has 0 aromatic carbocycles. The molecule has 166 valence electrons. The number of nitrogens with one attached hydrogen (secondary N) is 2. The molecule has 2 aliphatic heterocycles. The van der Waals surface area contributed by atoms with Crippen LogP contribution < -0.4 is 10.6 Å². The molecule has 2 saturated heterocycles. The number of amides is 1. The maximum absolute atomic E-state index is 12.4. The Morgan fingerprint density at radius 2 is 1.62 bits per heavy atom. The van der Waals surface area contributed by atoms with Gasteiger partial charge in [0.2, 0.25) is 5.91 Å². The number of piperidine rings is 1. The lowest BCUT2D eigenvalue weighted by atomic mass is 9.84. The summed E-state index contributed by atoms with van der Waals surface area (Å²) in [5.41, 5.74) is 0. The highest BCUT2D eigenvalue weighted by Crippen LogP contribution is 2.28. The van der Waals surface area contributed by atoms with E-state index in [0.29, 0.717) is 17.9 Å². The monoisotopic (exact) mass is 406 g/mol. The first-order valence-corrected chi connectivity index (χ1v) is 12.0. The number of aliphatic imine (C=N–C) groups is 1. The minimum absolute atomic E-state index is 0.328. The van der Waals surface area contributed by atoms with Gasteiger partial charge in [0.05, 0.1) is 6.54 Å². The summed E-state index contributed by atoms with van der Waals surface area (Å²) in [6.07, 6.45) is 7.07. The molecule has 2 N–H and O–H groups in total. The van der Waals surface area contributed by atoms with Crippen molar-refractivity contribution in [3.8, 4) is 0 Å². The molecular formula is C22H42N6O. The SMILES string of the molecule is CCCN1CCC(NC(=NCCN2CCN(C(=O)C3CCC3)CC2)NCC)CC1. The van der Waals surface area contributed by atoms with Gasteiger partial charge in [-0.2, -0.15) is 0 Å².